The van der Waals surface area contributed by atoms with E-state index in [9.17, 15) is 0 Å². The lowest BCUT2D eigenvalue weighted by atomic mass is 10.8. The highest BCUT2D eigenvalue weighted by Gasteiger charge is 2.52. The SMILES string of the molecule is C1C2NC12. The molecular weight excluding hydrogens is 50.0 g/mol. The van der Waals surface area contributed by atoms with Gasteiger partial charge in [0.2, 0.25) is 0 Å². The van der Waals surface area contributed by atoms with Crippen molar-refractivity contribution in [1.29, 1.82) is 0 Å². The average Bonchev–Trinajstić information content (AvgIpc) is 1.36. The Labute approximate surface area is 25.0 Å². The lowest BCUT2D eigenvalue weighted by Crippen LogP contribution is -1.89. The molecule has 2 aliphatic rings. The Morgan fingerprint density at radius 2 is 1.75 bits per heavy atom. The van der Waals surface area contributed by atoms with Gasteiger partial charge in [-0.15, -0.1) is 0 Å². The van der Waals surface area contributed by atoms with Gasteiger partial charge in [0.15, 0.2) is 0 Å². The maximum atomic E-state index is 3.19. The van der Waals surface area contributed by atoms with E-state index in [-0.39, 0.29) is 0 Å². The Kier molecular flexibility index (Phi) is 0.0633. The first-order valence-electron chi connectivity index (χ1n) is 1.73. The van der Waals surface area contributed by atoms with Gasteiger partial charge in [-0.3, -0.25) is 0 Å². The Morgan fingerprint density at radius 1 is 1.50 bits per heavy atom. The van der Waals surface area contributed by atoms with Gasteiger partial charge in [0.1, 0.15) is 0 Å². The molecule has 2 atom stereocenters. The van der Waals surface area contributed by atoms with E-state index in [1.807, 2.05) is 0 Å². The number of rotatable bonds is 0. The molecule has 1 saturated heterocycles. The second-order valence-corrected chi connectivity index (χ2v) is 1.62. The molecule has 2 rings (SSSR count). The highest BCUT2D eigenvalue weighted by atomic mass is 15.2. The maximum absolute atomic E-state index is 3.19. The van der Waals surface area contributed by atoms with Gasteiger partial charge in [-0.1, -0.05) is 0 Å². The zero-order chi connectivity index (χ0) is 2.57. The molecule has 0 aromatic heterocycles. The Balaban J connectivity index is 2.48. The predicted molar refractivity (Wildman–Crippen MR) is 15.3 cm³/mol. The van der Waals surface area contributed by atoms with Crippen LogP contribution in [0.2, 0.25) is 0 Å². The minimum atomic E-state index is 1.000. The zero-order valence-electron chi connectivity index (χ0n) is 2.36. The molecule has 2 unspecified atom stereocenters. The molecule has 0 bridgehead atoms. The smallest absolute Gasteiger partial charge is 0.0240 e. The normalized spacial score (nSPS) is 66.0. The first kappa shape index (κ1) is 1.41. The van der Waals surface area contributed by atoms with Crippen molar-refractivity contribution in [3.05, 3.63) is 0 Å². The summed E-state index contributed by atoms with van der Waals surface area (Å²) in [5, 5.41) is 3.19. The molecule has 1 nitrogen and oxygen atoms in total. The van der Waals surface area contributed by atoms with E-state index < -0.39 is 0 Å². The van der Waals surface area contributed by atoms with Gasteiger partial charge in [0.05, 0.1) is 0 Å². The van der Waals surface area contributed by atoms with Crippen LogP contribution >= 0.6 is 0 Å². The van der Waals surface area contributed by atoms with E-state index in [2.05, 4.69) is 5.32 Å². The van der Waals surface area contributed by atoms with Gasteiger partial charge >= 0.3 is 0 Å². The number of hydrogen-bond acceptors (Lipinski definition) is 1. The van der Waals surface area contributed by atoms with Gasteiger partial charge < -0.3 is 5.32 Å². The number of hydrogen-bond donors (Lipinski definition) is 1. The van der Waals surface area contributed by atoms with Crippen molar-refractivity contribution in [3.8, 4) is 0 Å². The summed E-state index contributed by atoms with van der Waals surface area (Å²) >= 11 is 0. The summed E-state index contributed by atoms with van der Waals surface area (Å²) in [6.45, 7) is 0. The highest BCUT2D eigenvalue weighted by molar-refractivity contribution is 5.16. The standard InChI is InChI=1S/C3H5N/c1-2-3(1)4-2/h2-4H,1H2. The molecule has 0 aromatic rings. The van der Waals surface area contributed by atoms with Crippen molar-refractivity contribution in [3.63, 3.8) is 0 Å². The fourth-order valence-electron chi connectivity index (χ4n) is 0.390. The maximum Gasteiger partial charge on any atom is 0.0240 e. The van der Waals surface area contributed by atoms with E-state index in [0.717, 1.165) is 12.1 Å². The molecule has 1 heteroatoms. The summed E-state index contributed by atoms with van der Waals surface area (Å²) in [6.07, 6.45) is 1.47. The van der Waals surface area contributed by atoms with Crippen molar-refractivity contribution >= 4 is 0 Å². The van der Waals surface area contributed by atoms with Gasteiger partial charge in [0.25, 0.3) is 0 Å². The van der Waals surface area contributed by atoms with Crippen molar-refractivity contribution in [2.24, 2.45) is 0 Å². The van der Waals surface area contributed by atoms with Crippen LogP contribution in [-0.4, -0.2) is 12.1 Å². The van der Waals surface area contributed by atoms with Crippen LogP contribution in [0.1, 0.15) is 6.42 Å². The van der Waals surface area contributed by atoms with Crippen molar-refractivity contribution in [2.75, 3.05) is 0 Å². The monoisotopic (exact) mass is 55.0 g/mol. The second kappa shape index (κ2) is 0.179. The van der Waals surface area contributed by atoms with E-state index in [1.165, 1.54) is 6.42 Å². The third-order valence-electron chi connectivity index (χ3n) is 1.11. The van der Waals surface area contributed by atoms with Crippen molar-refractivity contribution < 1.29 is 0 Å². The fourth-order valence-corrected chi connectivity index (χ4v) is 0.390. The minimum Gasteiger partial charge on any atom is -0.308 e. The van der Waals surface area contributed by atoms with Crippen LogP contribution in [0.5, 0.6) is 0 Å². The summed E-state index contributed by atoms with van der Waals surface area (Å²) in [5.74, 6) is 0. The summed E-state index contributed by atoms with van der Waals surface area (Å²) in [5.41, 5.74) is 0. The molecule has 1 N–H and O–H groups in total. The first-order chi connectivity index (χ1) is 1.97. The molecule has 1 aliphatic carbocycles. The van der Waals surface area contributed by atoms with Crippen LogP contribution in [0, 0.1) is 0 Å². The summed E-state index contributed by atoms with van der Waals surface area (Å²) in [4.78, 5) is 0. The second-order valence-electron chi connectivity index (χ2n) is 1.62. The predicted octanol–water partition coefficient (Wildman–Crippen LogP) is -0.270. The largest absolute Gasteiger partial charge is 0.308 e. The molecular formula is C3H5N. The third-order valence-corrected chi connectivity index (χ3v) is 1.11. The van der Waals surface area contributed by atoms with Crippen molar-refractivity contribution in [1.82, 2.24) is 5.32 Å². The van der Waals surface area contributed by atoms with E-state index in [4.69, 9.17) is 0 Å². The van der Waals surface area contributed by atoms with E-state index in [0.29, 0.717) is 0 Å². The van der Waals surface area contributed by atoms with Gasteiger partial charge in [-0.2, -0.15) is 0 Å². The van der Waals surface area contributed by atoms with Crippen LogP contribution in [0.15, 0.2) is 0 Å². The Hall–Kier alpha value is -0.0400. The van der Waals surface area contributed by atoms with Crippen molar-refractivity contribution in [2.45, 2.75) is 18.5 Å². The molecule has 0 radical (unpaired) electrons. The molecule has 1 heterocycles. The molecule has 2 fully saturated rings. The summed E-state index contributed by atoms with van der Waals surface area (Å²) in [7, 11) is 0. The summed E-state index contributed by atoms with van der Waals surface area (Å²) < 4.78 is 0. The fraction of sp³-hybridized carbons (Fsp3) is 1.00. The molecule has 0 aromatic carbocycles. The molecule has 0 spiro atoms. The van der Waals surface area contributed by atoms with Crippen LogP contribution in [0.25, 0.3) is 0 Å². The van der Waals surface area contributed by atoms with Crippen LogP contribution in [-0.2, 0) is 0 Å². The van der Waals surface area contributed by atoms with Gasteiger partial charge in [0, 0.05) is 12.1 Å². The molecule has 0 amide bonds. The van der Waals surface area contributed by atoms with Crippen LogP contribution in [0.4, 0.5) is 0 Å². The van der Waals surface area contributed by atoms with Gasteiger partial charge in [-0.05, 0) is 6.42 Å². The van der Waals surface area contributed by atoms with E-state index >= 15 is 0 Å². The quantitative estimate of drug-likeness (QED) is 0.378. The van der Waals surface area contributed by atoms with Crippen LogP contribution in [0.3, 0.4) is 0 Å². The Morgan fingerprint density at radius 3 is 1.75 bits per heavy atom. The highest BCUT2D eigenvalue weighted by Crippen LogP contribution is 2.35. The molecule has 4 heavy (non-hydrogen) atoms. The minimum absolute atomic E-state index is 1.000. The molecule has 22 valence electrons. The number of nitrogens with one attached hydrogen (secondary N) is 1. The lowest BCUT2D eigenvalue weighted by Gasteiger charge is -1.66. The topological polar surface area (TPSA) is 21.9 Å². The van der Waals surface area contributed by atoms with E-state index in [1.54, 1.807) is 0 Å². The third kappa shape index (κ3) is 0.0285. The Bertz CT molecular complexity index is 39.2. The molecule has 1 saturated carbocycles. The average molecular weight is 55.1 g/mol. The van der Waals surface area contributed by atoms with Crippen LogP contribution < -0.4 is 5.32 Å². The first-order valence-corrected chi connectivity index (χ1v) is 1.73. The zero-order valence-corrected chi connectivity index (χ0v) is 2.36. The molecule has 1 aliphatic heterocycles. The summed E-state index contributed by atoms with van der Waals surface area (Å²) in [6, 6.07) is 2.00. The lowest BCUT2D eigenvalue weighted by molar-refractivity contribution is 0.905. The van der Waals surface area contributed by atoms with Gasteiger partial charge in [-0.25, -0.2) is 0 Å². The number of fused-ring (bicyclic) bond motifs is 1.